The number of thioether (sulfide) groups is 1. The molecule has 1 aromatic carbocycles. The maximum absolute atomic E-state index is 12.8. The molecule has 1 aromatic rings. The van der Waals surface area contributed by atoms with Crippen LogP contribution in [0.2, 0.25) is 0 Å². The van der Waals surface area contributed by atoms with Crippen molar-refractivity contribution in [3.8, 4) is 0 Å². The zero-order valence-corrected chi connectivity index (χ0v) is 12.6. The van der Waals surface area contributed by atoms with E-state index in [1.807, 2.05) is 13.8 Å². The molecule has 0 aromatic heterocycles. The van der Waals surface area contributed by atoms with Gasteiger partial charge in [0.05, 0.1) is 10.5 Å². The number of halogens is 4. The molecule has 0 N–H and O–H groups in total. The smallest absolute Gasteiger partial charge is 0.207 e. The molecule has 0 bridgehead atoms. The zero-order valence-electron chi connectivity index (χ0n) is 10.2. The first-order valence-corrected chi connectivity index (χ1v) is 8.57. The molecule has 0 aliphatic carbocycles. The van der Waals surface area contributed by atoms with Crippen LogP contribution >= 0.6 is 22.4 Å². The predicted molar refractivity (Wildman–Crippen MR) is 70.1 cm³/mol. The zero-order chi connectivity index (χ0) is 14.8. The monoisotopic (exact) mass is 332 g/mol. The van der Waals surface area contributed by atoms with Gasteiger partial charge < -0.3 is 0 Å². The Bertz CT molecular complexity index is 556. The minimum atomic E-state index is -4.76. The highest BCUT2D eigenvalue weighted by Gasteiger charge is 2.37. The lowest BCUT2D eigenvalue weighted by Gasteiger charge is -2.14. The van der Waals surface area contributed by atoms with Crippen molar-refractivity contribution >= 4 is 31.5 Å². The number of benzene rings is 1. The van der Waals surface area contributed by atoms with Gasteiger partial charge >= 0.3 is 6.18 Å². The van der Waals surface area contributed by atoms with E-state index in [2.05, 4.69) is 0 Å². The Morgan fingerprint density at radius 2 is 1.95 bits per heavy atom. The average Bonchev–Trinajstić information content (AvgIpc) is 2.26. The molecule has 1 unspecified atom stereocenters. The first-order chi connectivity index (χ1) is 8.55. The minimum Gasteiger partial charge on any atom is -0.207 e. The van der Waals surface area contributed by atoms with Gasteiger partial charge in [-0.15, -0.1) is 11.8 Å². The number of hydrogen-bond donors (Lipinski definition) is 0. The molecule has 0 fully saturated rings. The van der Waals surface area contributed by atoms with Gasteiger partial charge in [0.25, 0.3) is 9.05 Å². The Kier molecular flexibility index (Phi) is 5.20. The molecule has 0 heterocycles. The molecule has 1 atom stereocenters. The van der Waals surface area contributed by atoms with E-state index in [1.54, 1.807) is 0 Å². The Hall–Kier alpha value is -0.400. The van der Waals surface area contributed by atoms with Gasteiger partial charge in [-0.25, -0.2) is 8.42 Å². The molecule has 1 rings (SSSR count). The van der Waals surface area contributed by atoms with Crippen molar-refractivity contribution in [2.75, 3.05) is 0 Å². The Balaban J connectivity index is 3.32. The SMILES string of the molecule is CCC(C)Sc1ccc(S(=O)(=O)Cl)c(C(F)(F)F)c1. The molecule has 0 amide bonds. The first-order valence-electron chi connectivity index (χ1n) is 5.38. The Morgan fingerprint density at radius 3 is 2.37 bits per heavy atom. The molecular formula is C11H12ClF3O2S2. The summed E-state index contributed by atoms with van der Waals surface area (Å²) in [4.78, 5) is -0.541. The Morgan fingerprint density at radius 1 is 1.37 bits per heavy atom. The standard InChI is InChI=1S/C11H12ClF3O2S2/c1-3-7(2)18-8-4-5-10(19(12,16)17)9(6-8)11(13,14)15/h4-7H,3H2,1-2H3. The summed E-state index contributed by atoms with van der Waals surface area (Å²) in [5, 5.41) is 0.138. The second kappa shape index (κ2) is 5.93. The third-order valence-electron chi connectivity index (χ3n) is 2.43. The summed E-state index contributed by atoms with van der Waals surface area (Å²) in [6.45, 7) is 3.80. The van der Waals surface area contributed by atoms with Gasteiger partial charge in [-0.05, 0) is 24.6 Å². The molecule has 0 saturated carbocycles. The summed E-state index contributed by atoms with van der Waals surface area (Å²) in [5.74, 6) is 0. The van der Waals surface area contributed by atoms with Crippen molar-refractivity contribution in [2.45, 2.75) is 41.5 Å². The quantitative estimate of drug-likeness (QED) is 0.600. The predicted octanol–water partition coefficient (Wildman–Crippen LogP) is 4.52. The van der Waals surface area contributed by atoms with Gasteiger partial charge in [0.1, 0.15) is 0 Å². The normalized spacial score (nSPS) is 14.4. The third-order valence-corrected chi connectivity index (χ3v) is 5.07. The molecule has 2 nitrogen and oxygen atoms in total. The van der Waals surface area contributed by atoms with Crippen LogP contribution in [-0.2, 0) is 15.2 Å². The van der Waals surface area contributed by atoms with E-state index in [4.69, 9.17) is 10.7 Å². The lowest BCUT2D eigenvalue weighted by atomic mass is 10.2. The fourth-order valence-corrected chi connectivity index (χ4v) is 3.37. The largest absolute Gasteiger partial charge is 0.417 e. The van der Waals surface area contributed by atoms with Crippen LogP contribution in [-0.4, -0.2) is 13.7 Å². The summed E-state index contributed by atoms with van der Waals surface area (Å²) >= 11 is 1.26. The molecular weight excluding hydrogens is 321 g/mol. The van der Waals surface area contributed by atoms with Crippen molar-refractivity contribution in [3.63, 3.8) is 0 Å². The van der Waals surface area contributed by atoms with E-state index in [0.717, 1.165) is 18.6 Å². The molecule has 0 radical (unpaired) electrons. The fraction of sp³-hybridized carbons (Fsp3) is 0.455. The third kappa shape index (κ3) is 4.57. The van der Waals surface area contributed by atoms with E-state index >= 15 is 0 Å². The highest BCUT2D eigenvalue weighted by Crippen LogP contribution is 2.38. The summed E-state index contributed by atoms with van der Waals surface area (Å²) in [7, 11) is 0.596. The van der Waals surface area contributed by atoms with E-state index in [9.17, 15) is 21.6 Å². The van der Waals surface area contributed by atoms with Crippen molar-refractivity contribution in [3.05, 3.63) is 23.8 Å². The maximum Gasteiger partial charge on any atom is 0.417 e. The molecule has 0 saturated heterocycles. The number of alkyl halides is 3. The van der Waals surface area contributed by atoms with E-state index in [-0.39, 0.29) is 5.25 Å². The molecule has 0 aliphatic heterocycles. The second-order valence-electron chi connectivity index (χ2n) is 3.93. The van der Waals surface area contributed by atoms with Crippen LogP contribution in [0.5, 0.6) is 0 Å². The van der Waals surface area contributed by atoms with Gasteiger partial charge in [0.15, 0.2) is 0 Å². The summed E-state index contributed by atoms with van der Waals surface area (Å²) in [5.41, 5.74) is -1.23. The van der Waals surface area contributed by atoms with Crippen molar-refractivity contribution < 1.29 is 21.6 Å². The van der Waals surface area contributed by atoms with Crippen LogP contribution < -0.4 is 0 Å². The van der Waals surface area contributed by atoms with Gasteiger partial charge in [-0.3, -0.25) is 0 Å². The van der Waals surface area contributed by atoms with Crippen LogP contribution in [0.3, 0.4) is 0 Å². The highest BCUT2D eigenvalue weighted by atomic mass is 35.7. The van der Waals surface area contributed by atoms with Crippen molar-refractivity contribution in [1.82, 2.24) is 0 Å². The second-order valence-corrected chi connectivity index (χ2v) is 7.98. The highest BCUT2D eigenvalue weighted by molar-refractivity contribution is 8.13. The Labute approximate surface area is 118 Å². The summed E-state index contributed by atoms with van der Waals surface area (Å²) in [6, 6.07) is 3.06. The minimum absolute atomic E-state index is 0.138. The van der Waals surface area contributed by atoms with Crippen molar-refractivity contribution in [2.24, 2.45) is 0 Å². The van der Waals surface area contributed by atoms with E-state index in [1.165, 1.54) is 17.8 Å². The first kappa shape index (κ1) is 16.7. The van der Waals surface area contributed by atoms with E-state index in [0.29, 0.717) is 4.90 Å². The molecule has 19 heavy (non-hydrogen) atoms. The molecule has 8 heteroatoms. The molecule has 108 valence electrons. The average molecular weight is 333 g/mol. The van der Waals surface area contributed by atoms with Crippen LogP contribution in [0, 0.1) is 0 Å². The maximum atomic E-state index is 12.8. The summed E-state index contributed by atoms with van der Waals surface area (Å²) in [6.07, 6.45) is -3.97. The van der Waals surface area contributed by atoms with Crippen LogP contribution in [0.1, 0.15) is 25.8 Å². The van der Waals surface area contributed by atoms with E-state index < -0.39 is 25.7 Å². The fourth-order valence-electron chi connectivity index (χ4n) is 1.33. The molecule has 0 spiro atoms. The lowest BCUT2D eigenvalue weighted by Crippen LogP contribution is -2.11. The summed E-state index contributed by atoms with van der Waals surface area (Å²) < 4.78 is 60.8. The topological polar surface area (TPSA) is 34.1 Å². The number of rotatable bonds is 4. The molecule has 0 aliphatic rings. The van der Waals surface area contributed by atoms with Crippen LogP contribution in [0.15, 0.2) is 28.0 Å². The number of hydrogen-bond acceptors (Lipinski definition) is 3. The van der Waals surface area contributed by atoms with Crippen LogP contribution in [0.25, 0.3) is 0 Å². The van der Waals surface area contributed by atoms with Gasteiger partial charge in [0, 0.05) is 20.8 Å². The van der Waals surface area contributed by atoms with Gasteiger partial charge in [-0.1, -0.05) is 13.8 Å². The van der Waals surface area contributed by atoms with Gasteiger partial charge in [-0.2, -0.15) is 13.2 Å². The van der Waals surface area contributed by atoms with Crippen molar-refractivity contribution in [1.29, 1.82) is 0 Å². The lowest BCUT2D eigenvalue weighted by molar-refractivity contribution is -0.140. The van der Waals surface area contributed by atoms with Gasteiger partial charge in [0.2, 0.25) is 0 Å². The van der Waals surface area contributed by atoms with Crippen LogP contribution in [0.4, 0.5) is 13.2 Å².